The first-order valence-electron chi connectivity index (χ1n) is 4.97. The Hall–Kier alpha value is -2.16. The van der Waals surface area contributed by atoms with Crippen molar-refractivity contribution in [1.29, 1.82) is 0 Å². The number of nitrogens with one attached hydrogen (secondary N) is 1. The van der Waals surface area contributed by atoms with Gasteiger partial charge in [-0.25, -0.2) is 0 Å². The van der Waals surface area contributed by atoms with Gasteiger partial charge < -0.3 is 0 Å². The fraction of sp³-hybridized carbons (Fsp3) is 0.0769. The average Bonchev–Trinajstić information content (AvgIpc) is 2.57. The molecule has 1 aliphatic rings. The number of benzene rings is 1. The maximum Gasteiger partial charge on any atom is 0.258 e. The molecule has 0 bridgehead atoms. The number of hydrogen-bond donors (Lipinski definition) is 1. The fourth-order valence-electron chi connectivity index (χ4n) is 1.41. The summed E-state index contributed by atoms with van der Waals surface area (Å²) in [7, 11) is 0. The molecule has 0 spiro atoms. The van der Waals surface area contributed by atoms with Crippen LogP contribution in [0, 0.1) is 6.92 Å². The first-order valence-corrected chi connectivity index (χ1v) is 4.97. The van der Waals surface area contributed by atoms with E-state index in [9.17, 15) is 9.59 Å². The molecule has 2 amide bonds. The maximum absolute atomic E-state index is 11.2. The van der Waals surface area contributed by atoms with E-state index >= 15 is 0 Å². The molecule has 0 aromatic heterocycles. The van der Waals surface area contributed by atoms with E-state index in [1.165, 1.54) is 11.6 Å². The molecule has 80 valence electrons. The molecule has 0 atom stereocenters. The minimum absolute atomic E-state index is 0.339. The first kappa shape index (κ1) is 10.4. The van der Waals surface area contributed by atoms with Gasteiger partial charge in [-0.2, -0.15) is 0 Å². The summed E-state index contributed by atoms with van der Waals surface area (Å²) < 4.78 is 0. The van der Waals surface area contributed by atoms with Gasteiger partial charge in [-0.3, -0.25) is 14.9 Å². The molecular weight excluding hydrogens is 202 g/mol. The van der Waals surface area contributed by atoms with Crippen LogP contribution >= 0.6 is 0 Å². The summed E-state index contributed by atoms with van der Waals surface area (Å²) >= 11 is 0. The zero-order valence-electron chi connectivity index (χ0n) is 8.86. The number of imide groups is 1. The largest absolute Gasteiger partial charge is 0.289 e. The molecule has 0 saturated heterocycles. The second-order valence-corrected chi connectivity index (χ2v) is 3.66. The van der Waals surface area contributed by atoms with Gasteiger partial charge in [-0.15, -0.1) is 0 Å². The van der Waals surface area contributed by atoms with Crippen LogP contribution in [0.4, 0.5) is 0 Å². The third-order valence-corrected chi connectivity index (χ3v) is 2.32. The maximum atomic E-state index is 11.2. The second kappa shape index (κ2) is 4.14. The van der Waals surface area contributed by atoms with Crippen molar-refractivity contribution in [2.45, 2.75) is 6.92 Å². The van der Waals surface area contributed by atoms with Crippen molar-refractivity contribution in [1.82, 2.24) is 5.32 Å². The molecule has 0 unspecified atom stereocenters. The third-order valence-electron chi connectivity index (χ3n) is 2.32. The number of hydrogen-bond acceptors (Lipinski definition) is 2. The van der Waals surface area contributed by atoms with E-state index in [4.69, 9.17) is 0 Å². The molecule has 0 fully saturated rings. The zero-order valence-corrected chi connectivity index (χ0v) is 8.86. The van der Waals surface area contributed by atoms with Crippen molar-refractivity contribution in [3.8, 4) is 0 Å². The number of carbonyl (C=O) groups excluding carboxylic acids is 2. The fourth-order valence-corrected chi connectivity index (χ4v) is 1.41. The summed E-state index contributed by atoms with van der Waals surface area (Å²) in [6.45, 7) is 2.01. The van der Waals surface area contributed by atoms with Crippen LogP contribution in [0.2, 0.25) is 0 Å². The van der Waals surface area contributed by atoms with Gasteiger partial charge in [0.15, 0.2) is 0 Å². The van der Waals surface area contributed by atoms with Crippen LogP contribution in [0.15, 0.2) is 42.0 Å². The lowest BCUT2D eigenvalue weighted by Crippen LogP contribution is -2.21. The van der Waals surface area contributed by atoms with Crippen molar-refractivity contribution in [2.24, 2.45) is 0 Å². The second-order valence-electron chi connectivity index (χ2n) is 3.66. The van der Waals surface area contributed by atoms with Crippen LogP contribution in [-0.4, -0.2) is 11.8 Å². The molecule has 2 rings (SSSR count). The molecule has 0 aliphatic carbocycles. The van der Waals surface area contributed by atoms with Gasteiger partial charge in [-0.05, 0) is 18.6 Å². The molecule has 1 N–H and O–H groups in total. The predicted molar refractivity (Wildman–Crippen MR) is 61.4 cm³/mol. The van der Waals surface area contributed by atoms with Crippen LogP contribution in [0.5, 0.6) is 0 Å². The quantitative estimate of drug-likeness (QED) is 0.758. The third kappa shape index (κ3) is 2.25. The highest BCUT2D eigenvalue weighted by Gasteiger charge is 2.17. The summed E-state index contributed by atoms with van der Waals surface area (Å²) in [6.07, 6.45) is 4.75. The van der Waals surface area contributed by atoms with Crippen molar-refractivity contribution < 1.29 is 9.59 Å². The molecule has 3 heteroatoms. The smallest absolute Gasteiger partial charge is 0.258 e. The Morgan fingerprint density at radius 2 is 1.75 bits per heavy atom. The number of amides is 2. The number of carbonyl (C=O) groups is 2. The van der Waals surface area contributed by atoms with E-state index in [0.29, 0.717) is 5.57 Å². The lowest BCUT2D eigenvalue weighted by atomic mass is 10.1. The monoisotopic (exact) mass is 213 g/mol. The zero-order chi connectivity index (χ0) is 11.5. The summed E-state index contributed by atoms with van der Waals surface area (Å²) in [5.74, 6) is -0.693. The SMILES string of the molecule is Cc1ccc(C=CC2=CC(=O)NC2=O)cc1. The standard InChI is InChI=1S/C13H11NO2/c1-9-2-4-10(5-3-9)6-7-11-8-12(15)14-13(11)16/h2-8H,1H3,(H,14,15,16). The molecule has 1 aliphatic heterocycles. The predicted octanol–water partition coefficient (Wildman–Crippen LogP) is 1.59. The highest BCUT2D eigenvalue weighted by molar-refractivity contribution is 6.18. The molecule has 0 radical (unpaired) electrons. The Labute approximate surface area is 93.5 Å². The molecule has 1 aromatic carbocycles. The van der Waals surface area contributed by atoms with E-state index in [1.54, 1.807) is 6.08 Å². The van der Waals surface area contributed by atoms with Gasteiger partial charge in [0.2, 0.25) is 0 Å². The Bertz CT molecular complexity index is 495. The molecule has 3 nitrogen and oxygen atoms in total. The first-order chi connectivity index (χ1) is 7.65. The van der Waals surface area contributed by atoms with Gasteiger partial charge in [0, 0.05) is 11.6 Å². The van der Waals surface area contributed by atoms with E-state index < -0.39 is 0 Å². The Kier molecular flexibility index (Phi) is 2.68. The molecule has 16 heavy (non-hydrogen) atoms. The van der Waals surface area contributed by atoms with Gasteiger partial charge in [0.05, 0.1) is 0 Å². The highest BCUT2D eigenvalue weighted by Crippen LogP contribution is 2.09. The Morgan fingerprint density at radius 1 is 1.06 bits per heavy atom. The van der Waals surface area contributed by atoms with Crippen LogP contribution < -0.4 is 5.32 Å². The highest BCUT2D eigenvalue weighted by atomic mass is 16.2. The number of aryl methyl sites for hydroxylation is 1. The van der Waals surface area contributed by atoms with Crippen LogP contribution in [-0.2, 0) is 9.59 Å². The minimum Gasteiger partial charge on any atom is -0.289 e. The normalized spacial score (nSPS) is 15.4. The average molecular weight is 213 g/mol. The van der Waals surface area contributed by atoms with Crippen molar-refractivity contribution >= 4 is 17.9 Å². The van der Waals surface area contributed by atoms with Crippen molar-refractivity contribution in [2.75, 3.05) is 0 Å². The van der Waals surface area contributed by atoms with Crippen LogP contribution in [0.1, 0.15) is 11.1 Å². The minimum atomic E-state index is -0.353. The van der Waals surface area contributed by atoms with Gasteiger partial charge in [-0.1, -0.05) is 35.9 Å². The molecular formula is C13H11NO2. The summed E-state index contributed by atoms with van der Waals surface area (Å²) in [6, 6.07) is 7.91. The summed E-state index contributed by atoms with van der Waals surface area (Å²) in [5, 5.41) is 2.19. The van der Waals surface area contributed by atoms with Gasteiger partial charge >= 0.3 is 0 Å². The molecule has 1 heterocycles. The molecule has 0 saturated carbocycles. The molecule has 1 aromatic rings. The lowest BCUT2D eigenvalue weighted by Gasteiger charge is -1.94. The van der Waals surface area contributed by atoms with Crippen LogP contribution in [0.3, 0.4) is 0 Å². The van der Waals surface area contributed by atoms with E-state index in [0.717, 1.165) is 5.56 Å². The van der Waals surface area contributed by atoms with Crippen LogP contribution in [0.25, 0.3) is 6.08 Å². The topological polar surface area (TPSA) is 46.2 Å². The van der Waals surface area contributed by atoms with E-state index in [2.05, 4.69) is 5.32 Å². The van der Waals surface area contributed by atoms with Gasteiger partial charge in [0.25, 0.3) is 11.8 Å². The van der Waals surface area contributed by atoms with Gasteiger partial charge in [0.1, 0.15) is 0 Å². The van der Waals surface area contributed by atoms with E-state index in [-0.39, 0.29) is 11.8 Å². The van der Waals surface area contributed by atoms with Crippen molar-refractivity contribution in [3.63, 3.8) is 0 Å². The number of rotatable bonds is 2. The lowest BCUT2D eigenvalue weighted by molar-refractivity contribution is -0.123. The summed E-state index contributed by atoms with van der Waals surface area (Å²) in [4.78, 5) is 22.1. The van der Waals surface area contributed by atoms with E-state index in [1.807, 2.05) is 37.3 Å². The Morgan fingerprint density at radius 3 is 2.31 bits per heavy atom. The summed E-state index contributed by atoms with van der Waals surface area (Å²) in [5.41, 5.74) is 2.58. The Balaban J connectivity index is 2.16. The van der Waals surface area contributed by atoms with Crippen molar-refractivity contribution in [3.05, 3.63) is 53.1 Å².